The summed E-state index contributed by atoms with van der Waals surface area (Å²) in [6.45, 7) is 0. The average molecular weight is 267 g/mol. The maximum absolute atomic E-state index is 10.6. The summed E-state index contributed by atoms with van der Waals surface area (Å²) in [6, 6.07) is 3.69. The molecule has 4 N–H and O–H groups in total. The summed E-state index contributed by atoms with van der Waals surface area (Å²) in [7, 11) is 0. The molecule has 0 fully saturated rings. The third-order valence-corrected chi connectivity index (χ3v) is 2.63. The van der Waals surface area contributed by atoms with Crippen LogP contribution >= 0.6 is 0 Å². The van der Waals surface area contributed by atoms with Gasteiger partial charge < -0.3 is 15.3 Å². The smallest absolute Gasteiger partial charge is 0.335 e. The first kappa shape index (κ1) is 12.9. The Morgan fingerprint density at radius 2 is 2.11 bits per heavy atom. The lowest BCUT2D eigenvalue weighted by molar-refractivity contribution is -0.384. The Morgan fingerprint density at radius 3 is 2.68 bits per heavy atom. The van der Waals surface area contributed by atoms with Crippen molar-refractivity contribution in [2.75, 3.05) is 0 Å². The number of rotatable bonds is 4. The van der Waals surface area contributed by atoms with E-state index in [4.69, 9.17) is 5.11 Å². The fourth-order valence-corrected chi connectivity index (χ4v) is 1.65. The van der Waals surface area contributed by atoms with Gasteiger partial charge in [0, 0.05) is 17.5 Å². The first-order valence-electron chi connectivity index (χ1n) is 5.13. The van der Waals surface area contributed by atoms with Gasteiger partial charge in [-0.2, -0.15) is 5.10 Å². The number of non-ortho nitro benzene ring substituents is 1. The van der Waals surface area contributed by atoms with Crippen molar-refractivity contribution >= 4 is 22.6 Å². The van der Waals surface area contributed by atoms with E-state index in [1.807, 2.05) is 0 Å². The summed E-state index contributed by atoms with van der Waals surface area (Å²) in [5.74, 6) is -1.59. The summed E-state index contributed by atoms with van der Waals surface area (Å²) in [5.41, 5.74) is -0.000500. The molecule has 2 aromatic rings. The van der Waals surface area contributed by atoms with Crippen LogP contribution in [0.1, 0.15) is 11.8 Å². The number of aromatic nitrogens is 2. The topological polar surface area (TPSA) is 150 Å². The number of nitrogens with one attached hydrogen (secondary N) is 1. The van der Waals surface area contributed by atoms with Crippen LogP contribution in [0, 0.1) is 10.1 Å². The van der Waals surface area contributed by atoms with E-state index in [9.17, 15) is 25.1 Å². The zero-order valence-electron chi connectivity index (χ0n) is 9.35. The number of carboxylic acid groups (broad SMARTS) is 1. The number of aliphatic hydroxyl groups excluding tert-OH is 2. The Morgan fingerprint density at radius 1 is 1.42 bits per heavy atom. The standard InChI is InChI=1S/C10H9N3O6/c14-8(9(15)10(16)17)7-5-2-1-4(13(18)19)3-6(5)11-12-7/h1-3,8-9,14-15H,(H,11,12)(H,16,17). The second-order valence-electron chi connectivity index (χ2n) is 3.82. The molecule has 9 nitrogen and oxygen atoms in total. The summed E-state index contributed by atoms with van der Waals surface area (Å²) in [4.78, 5) is 20.6. The van der Waals surface area contributed by atoms with Gasteiger partial charge >= 0.3 is 5.97 Å². The molecule has 0 saturated heterocycles. The minimum Gasteiger partial charge on any atom is -0.479 e. The van der Waals surface area contributed by atoms with Gasteiger partial charge in [0.15, 0.2) is 6.10 Å². The van der Waals surface area contributed by atoms with Crippen LogP contribution in [0.5, 0.6) is 0 Å². The van der Waals surface area contributed by atoms with E-state index >= 15 is 0 Å². The fraction of sp³-hybridized carbons (Fsp3) is 0.200. The monoisotopic (exact) mass is 267 g/mol. The highest BCUT2D eigenvalue weighted by molar-refractivity contribution is 5.84. The maximum Gasteiger partial charge on any atom is 0.335 e. The lowest BCUT2D eigenvalue weighted by atomic mass is 10.1. The summed E-state index contributed by atoms with van der Waals surface area (Å²) >= 11 is 0. The number of hydrogen-bond donors (Lipinski definition) is 4. The number of fused-ring (bicyclic) bond motifs is 1. The molecule has 1 heterocycles. The number of nitro groups is 1. The van der Waals surface area contributed by atoms with Gasteiger partial charge in [-0.05, 0) is 6.07 Å². The molecular weight excluding hydrogens is 258 g/mol. The Bertz CT molecular complexity index is 652. The van der Waals surface area contributed by atoms with Gasteiger partial charge in [0.2, 0.25) is 0 Å². The van der Waals surface area contributed by atoms with Crippen molar-refractivity contribution in [2.24, 2.45) is 0 Å². The van der Waals surface area contributed by atoms with E-state index in [2.05, 4.69) is 10.2 Å². The molecule has 19 heavy (non-hydrogen) atoms. The van der Waals surface area contributed by atoms with Crippen molar-refractivity contribution < 1.29 is 25.0 Å². The minimum absolute atomic E-state index is 0.0141. The van der Waals surface area contributed by atoms with E-state index in [1.54, 1.807) is 0 Å². The molecule has 0 bridgehead atoms. The fourth-order valence-electron chi connectivity index (χ4n) is 1.65. The van der Waals surface area contributed by atoms with Crippen LogP contribution in [-0.2, 0) is 4.79 Å². The van der Waals surface area contributed by atoms with Gasteiger partial charge in [-0.15, -0.1) is 0 Å². The van der Waals surface area contributed by atoms with Crippen LogP contribution in [0.2, 0.25) is 0 Å². The highest BCUT2D eigenvalue weighted by Gasteiger charge is 2.28. The van der Waals surface area contributed by atoms with Crippen LogP contribution < -0.4 is 0 Å². The van der Waals surface area contributed by atoms with Crippen molar-refractivity contribution in [1.82, 2.24) is 10.2 Å². The molecule has 9 heteroatoms. The lowest BCUT2D eigenvalue weighted by Crippen LogP contribution is -2.27. The molecule has 100 valence electrons. The van der Waals surface area contributed by atoms with Crippen LogP contribution in [0.15, 0.2) is 18.2 Å². The number of hydrogen-bond acceptors (Lipinski definition) is 6. The highest BCUT2D eigenvalue weighted by atomic mass is 16.6. The Balaban J connectivity index is 2.46. The predicted octanol–water partition coefficient (Wildman–Crippen LogP) is -0.0500. The number of aliphatic hydroxyl groups is 2. The first-order valence-corrected chi connectivity index (χ1v) is 5.13. The highest BCUT2D eigenvalue weighted by Crippen LogP contribution is 2.26. The van der Waals surface area contributed by atoms with Crippen LogP contribution in [0.3, 0.4) is 0 Å². The number of nitrogens with zero attached hydrogens (tertiary/aromatic N) is 2. The molecular formula is C10H9N3O6. The number of H-pyrrole nitrogens is 1. The Kier molecular flexibility index (Phi) is 3.15. The molecule has 0 aliphatic carbocycles. The van der Waals surface area contributed by atoms with Gasteiger partial charge in [0.05, 0.1) is 16.1 Å². The summed E-state index contributed by atoms with van der Waals surface area (Å²) in [5, 5.41) is 44.5. The molecule has 2 atom stereocenters. The van der Waals surface area contributed by atoms with Gasteiger partial charge in [0.1, 0.15) is 6.10 Å². The van der Waals surface area contributed by atoms with Crippen molar-refractivity contribution in [3.63, 3.8) is 0 Å². The number of aliphatic carboxylic acids is 1. The quantitative estimate of drug-likeness (QED) is 0.448. The van der Waals surface area contributed by atoms with E-state index in [0.29, 0.717) is 5.39 Å². The number of aromatic amines is 1. The van der Waals surface area contributed by atoms with E-state index in [0.717, 1.165) is 0 Å². The van der Waals surface area contributed by atoms with Crippen molar-refractivity contribution in [3.05, 3.63) is 34.0 Å². The predicted molar refractivity (Wildman–Crippen MR) is 61.4 cm³/mol. The third-order valence-electron chi connectivity index (χ3n) is 2.63. The maximum atomic E-state index is 10.6. The lowest BCUT2D eigenvalue weighted by Gasteiger charge is -2.12. The van der Waals surface area contributed by atoms with Crippen LogP contribution in [0.25, 0.3) is 10.9 Å². The minimum atomic E-state index is -2.01. The molecule has 0 aliphatic rings. The van der Waals surface area contributed by atoms with Gasteiger partial charge in [-0.3, -0.25) is 15.2 Å². The number of nitro benzene ring substituents is 1. The molecule has 0 saturated carbocycles. The molecule has 2 unspecified atom stereocenters. The second-order valence-corrected chi connectivity index (χ2v) is 3.82. The number of carbonyl (C=O) groups is 1. The second kappa shape index (κ2) is 4.63. The van der Waals surface area contributed by atoms with Gasteiger partial charge in [-0.1, -0.05) is 0 Å². The zero-order valence-corrected chi connectivity index (χ0v) is 9.35. The number of benzene rings is 1. The van der Waals surface area contributed by atoms with Crippen molar-refractivity contribution in [3.8, 4) is 0 Å². The summed E-state index contributed by atoms with van der Waals surface area (Å²) < 4.78 is 0. The van der Waals surface area contributed by atoms with Crippen LogP contribution in [0.4, 0.5) is 5.69 Å². The first-order chi connectivity index (χ1) is 8.91. The van der Waals surface area contributed by atoms with Crippen LogP contribution in [-0.4, -0.2) is 42.5 Å². The summed E-state index contributed by atoms with van der Waals surface area (Å²) in [6.07, 6.45) is -3.72. The number of carboxylic acids is 1. The average Bonchev–Trinajstić information content (AvgIpc) is 2.79. The van der Waals surface area contributed by atoms with E-state index in [-0.39, 0.29) is 16.9 Å². The van der Waals surface area contributed by atoms with Gasteiger partial charge in [0.25, 0.3) is 5.69 Å². The molecule has 0 radical (unpaired) electrons. The molecule has 1 aromatic carbocycles. The molecule has 2 rings (SSSR count). The van der Waals surface area contributed by atoms with Crippen molar-refractivity contribution in [1.29, 1.82) is 0 Å². The molecule has 0 aliphatic heterocycles. The third kappa shape index (κ3) is 2.23. The van der Waals surface area contributed by atoms with Gasteiger partial charge in [-0.25, -0.2) is 4.79 Å². The molecule has 1 aromatic heterocycles. The van der Waals surface area contributed by atoms with E-state index in [1.165, 1.54) is 18.2 Å². The Hall–Kier alpha value is -2.52. The SMILES string of the molecule is O=C(O)C(O)C(O)c1[nH]nc2cc([N+](=O)[O-])ccc12. The normalized spacial score (nSPS) is 14.2. The molecule has 0 spiro atoms. The largest absolute Gasteiger partial charge is 0.479 e. The Labute approximate surface area is 105 Å². The zero-order chi connectivity index (χ0) is 14.2. The molecule has 0 amide bonds. The van der Waals surface area contributed by atoms with Crippen molar-refractivity contribution in [2.45, 2.75) is 12.2 Å². The van der Waals surface area contributed by atoms with E-state index < -0.39 is 23.1 Å².